The van der Waals surface area contributed by atoms with Crippen LogP contribution >= 0.6 is 0 Å². The lowest BCUT2D eigenvalue weighted by Gasteiger charge is -2.35. The number of nitrogens with zero attached hydrogens (tertiary/aromatic N) is 1. The van der Waals surface area contributed by atoms with Gasteiger partial charge in [0.15, 0.2) is 0 Å². The number of likely N-dealkylation sites (tertiary alicyclic amines) is 1. The van der Waals surface area contributed by atoms with Gasteiger partial charge in [-0.25, -0.2) is 0 Å². The van der Waals surface area contributed by atoms with Gasteiger partial charge in [-0.1, -0.05) is 12.1 Å². The maximum Gasteiger partial charge on any atom is 0.303 e. The van der Waals surface area contributed by atoms with Gasteiger partial charge in [0.25, 0.3) is 0 Å². The van der Waals surface area contributed by atoms with Gasteiger partial charge < -0.3 is 14.7 Å². The number of piperidine rings is 1. The normalized spacial score (nSPS) is 20.6. The van der Waals surface area contributed by atoms with E-state index in [1.165, 1.54) is 12.8 Å². The van der Waals surface area contributed by atoms with E-state index < -0.39 is 5.97 Å². The quantitative estimate of drug-likeness (QED) is 0.742. The number of rotatable bonds is 8. The average molecular weight is 373 g/mol. The van der Waals surface area contributed by atoms with Crippen LogP contribution in [0.2, 0.25) is 0 Å². The fourth-order valence-corrected chi connectivity index (χ4v) is 4.29. The highest BCUT2D eigenvalue weighted by Gasteiger charge is 2.26. The fraction of sp³-hybridized carbons (Fsp3) is 0.636. The topological polar surface area (TPSA) is 66.8 Å². The molecule has 2 fully saturated rings. The molecular formula is C22H31NO4. The number of hydrogen-bond acceptors (Lipinski definition) is 3. The lowest BCUT2D eigenvalue weighted by Crippen LogP contribution is -2.44. The van der Waals surface area contributed by atoms with E-state index in [0.717, 1.165) is 50.0 Å². The van der Waals surface area contributed by atoms with Crippen molar-refractivity contribution >= 4 is 11.9 Å². The number of aryl methyl sites for hydroxylation is 1. The first-order valence-electron chi connectivity index (χ1n) is 10.4. The molecule has 0 bridgehead atoms. The van der Waals surface area contributed by atoms with E-state index in [2.05, 4.69) is 6.07 Å². The third-order valence-electron chi connectivity index (χ3n) is 5.77. The van der Waals surface area contributed by atoms with Crippen LogP contribution in [0.1, 0.15) is 69.8 Å². The lowest BCUT2D eigenvalue weighted by molar-refractivity contribution is -0.140. The third kappa shape index (κ3) is 5.98. The molecule has 1 N–H and O–H groups in total. The van der Waals surface area contributed by atoms with Gasteiger partial charge in [-0.15, -0.1) is 0 Å². The molecule has 1 unspecified atom stereocenters. The van der Waals surface area contributed by atoms with Crippen molar-refractivity contribution in [3.63, 3.8) is 0 Å². The Morgan fingerprint density at radius 2 is 1.85 bits per heavy atom. The molecule has 1 atom stereocenters. The second-order valence-electron chi connectivity index (χ2n) is 7.84. The zero-order chi connectivity index (χ0) is 19.1. The van der Waals surface area contributed by atoms with E-state index in [0.29, 0.717) is 25.4 Å². The van der Waals surface area contributed by atoms with Gasteiger partial charge in [-0.3, -0.25) is 9.59 Å². The predicted octanol–water partition coefficient (Wildman–Crippen LogP) is 4.19. The van der Waals surface area contributed by atoms with E-state index in [-0.39, 0.29) is 18.4 Å². The standard InChI is InChI=1S/C22H31NO4/c24-21(23-15-4-3-7-18(23)12-14-22(25)26)13-11-17-6-5-10-20(16-17)27-19-8-1-2-9-19/h5-6,10,16,18-19H,1-4,7-9,11-15H2,(H,25,26). The lowest BCUT2D eigenvalue weighted by atomic mass is 9.97. The van der Waals surface area contributed by atoms with Gasteiger partial charge in [-0.2, -0.15) is 0 Å². The van der Waals surface area contributed by atoms with E-state index in [4.69, 9.17) is 9.84 Å². The maximum absolute atomic E-state index is 12.7. The van der Waals surface area contributed by atoms with Crippen molar-refractivity contribution < 1.29 is 19.4 Å². The zero-order valence-corrected chi connectivity index (χ0v) is 16.1. The number of carboxylic acid groups (broad SMARTS) is 1. The Balaban J connectivity index is 1.52. The third-order valence-corrected chi connectivity index (χ3v) is 5.77. The molecule has 1 saturated heterocycles. The van der Waals surface area contributed by atoms with Gasteiger partial charge in [0, 0.05) is 25.4 Å². The summed E-state index contributed by atoms with van der Waals surface area (Å²) < 4.78 is 6.06. The molecule has 1 aromatic carbocycles. The van der Waals surface area contributed by atoms with E-state index in [9.17, 15) is 9.59 Å². The minimum atomic E-state index is -0.785. The molecular weight excluding hydrogens is 342 g/mol. The zero-order valence-electron chi connectivity index (χ0n) is 16.1. The summed E-state index contributed by atoms with van der Waals surface area (Å²) in [5.74, 6) is 0.267. The molecule has 1 aromatic rings. The summed E-state index contributed by atoms with van der Waals surface area (Å²) in [6.45, 7) is 0.758. The average Bonchev–Trinajstić information content (AvgIpc) is 3.18. The van der Waals surface area contributed by atoms with Crippen molar-refractivity contribution in [1.29, 1.82) is 0 Å². The molecule has 1 aliphatic heterocycles. The van der Waals surface area contributed by atoms with Crippen LogP contribution in [-0.4, -0.2) is 40.6 Å². The van der Waals surface area contributed by atoms with Crippen LogP contribution < -0.4 is 4.74 Å². The Morgan fingerprint density at radius 3 is 2.63 bits per heavy atom. The highest BCUT2D eigenvalue weighted by molar-refractivity contribution is 5.77. The molecule has 1 saturated carbocycles. The van der Waals surface area contributed by atoms with Gasteiger partial charge in [0.05, 0.1) is 6.10 Å². The number of ether oxygens (including phenoxy) is 1. The molecule has 0 radical (unpaired) electrons. The largest absolute Gasteiger partial charge is 0.490 e. The van der Waals surface area contributed by atoms with Gasteiger partial charge >= 0.3 is 5.97 Å². The van der Waals surface area contributed by atoms with Crippen LogP contribution in [0.25, 0.3) is 0 Å². The Kier molecular flexibility index (Phi) is 7.13. The van der Waals surface area contributed by atoms with Gasteiger partial charge in [0.1, 0.15) is 5.75 Å². The molecule has 1 heterocycles. The summed E-state index contributed by atoms with van der Waals surface area (Å²) in [6, 6.07) is 8.19. The summed E-state index contributed by atoms with van der Waals surface area (Å²) in [6.07, 6.45) is 9.98. The summed E-state index contributed by atoms with van der Waals surface area (Å²) in [7, 11) is 0. The van der Waals surface area contributed by atoms with Crippen molar-refractivity contribution in [3.8, 4) is 5.75 Å². The summed E-state index contributed by atoms with van der Waals surface area (Å²) in [4.78, 5) is 25.5. The second-order valence-corrected chi connectivity index (χ2v) is 7.84. The molecule has 148 valence electrons. The van der Waals surface area contributed by atoms with Crippen molar-refractivity contribution in [2.24, 2.45) is 0 Å². The highest BCUT2D eigenvalue weighted by Crippen LogP contribution is 2.26. The molecule has 1 amide bonds. The van der Waals surface area contributed by atoms with Crippen molar-refractivity contribution in [1.82, 2.24) is 4.90 Å². The minimum Gasteiger partial charge on any atom is -0.490 e. The Morgan fingerprint density at radius 1 is 1.07 bits per heavy atom. The first-order chi connectivity index (χ1) is 13.1. The molecule has 2 aliphatic rings. The molecule has 5 nitrogen and oxygen atoms in total. The van der Waals surface area contributed by atoms with Crippen molar-refractivity contribution in [2.75, 3.05) is 6.54 Å². The van der Waals surface area contributed by atoms with E-state index in [1.807, 2.05) is 23.1 Å². The second kappa shape index (κ2) is 9.77. The van der Waals surface area contributed by atoms with Crippen LogP contribution in [0.15, 0.2) is 24.3 Å². The van der Waals surface area contributed by atoms with Crippen LogP contribution in [-0.2, 0) is 16.0 Å². The number of amides is 1. The highest BCUT2D eigenvalue weighted by atomic mass is 16.5. The summed E-state index contributed by atoms with van der Waals surface area (Å²) >= 11 is 0. The van der Waals surface area contributed by atoms with Crippen LogP contribution in [0.4, 0.5) is 0 Å². The van der Waals surface area contributed by atoms with Crippen molar-refractivity contribution in [2.45, 2.75) is 82.8 Å². The van der Waals surface area contributed by atoms with Gasteiger partial charge in [0.2, 0.25) is 5.91 Å². The number of carbonyl (C=O) groups excluding carboxylic acids is 1. The maximum atomic E-state index is 12.7. The van der Waals surface area contributed by atoms with Gasteiger partial charge in [-0.05, 0) is 75.5 Å². The molecule has 27 heavy (non-hydrogen) atoms. The monoisotopic (exact) mass is 373 g/mol. The molecule has 0 aromatic heterocycles. The minimum absolute atomic E-state index is 0.0828. The number of hydrogen-bond donors (Lipinski definition) is 1. The fourth-order valence-electron chi connectivity index (χ4n) is 4.29. The Labute approximate surface area is 161 Å². The molecule has 1 aliphatic carbocycles. The number of benzene rings is 1. The SMILES string of the molecule is O=C(O)CCC1CCCCN1C(=O)CCc1cccc(OC2CCCC2)c1. The first-order valence-corrected chi connectivity index (χ1v) is 10.4. The molecule has 5 heteroatoms. The number of carboxylic acids is 1. The van der Waals surface area contributed by atoms with E-state index in [1.54, 1.807) is 0 Å². The van der Waals surface area contributed by atoms with E-state index >= 15 is 0 Å². The Hall–Kier alpha value is -2.04. The van der Waals surface area contributed by atoms with Crippen LogP contribution in [0.5, 0.6) is 5.75 Å². The summed E-state index contributed by atoms with van der Waals surface area (Å²) in [5.41, 5.74) is 1.12. The predicted molar refractivity (Wildman–Crippen MR) is 104 cm³/mol. The summed E-state index contributed by atoms with van der Waals surface area (Å²) in [5, 5.41) is 8.93. The van der Waals surface area contributed by atoms with Crippen LogP contribution in [0, 0.1) is 0 Å². The van der Waals surface area contributed by atoms with Crippen LogP contribution in [0.3, 0.4) is 0 Å². The molecule has 3 rings (SSSR count). The number of aliphatic carboxylic acids is 1. The number of carbonyl (C=O) groups is 2. The Bertz CT molecular complexity index is 639. The van der Waals surface area contributed by atoms with Crippen molar-refractivity contribution in [3.05, 3.63) is 29.8 Å². The smallest absolute Gasteiger partial charge is 0.303 e. The first kappa shape index (κ1) is 19.7. The molecule has 0 spiro atoms.